The van der Waals surface area contributed by atoms with Gasteiger partial charge < -0.3 is 19.7 Å². The highest BCUT2D eigenvalue weighted by atomic mass is 16.5. The molecule has 1 atom stereocenters. The number of esters is 2. The lowest BCUT2D eigenvalue weighted by molar-refractivity contribution is -0.151. The number of nitrogens with one attached hydrogen (secondary N) is 1. The molecule has 1 fully saturated rings. The number of para-hydroxylation sites is 1. The topological polar surface area (TPSA) is 102 Å². The zero-order chi connectivity index (χ0) is 21.7. The van der Waals surface area contributed by atoms with E-state index in [1.807, 2.05) is 19.1 Å². The van der Waals surface area contributed by atoms with E-state index in [1.54, 1.807) is 36.4 Å². The summed E-state index contributed by atoms with van der Waals surface area (Å²) >= 11 is 0. The van der Waals surface area contributed by atoms with Crippen LogP contribution < -0.4 is 10.2 Å². The van der Waals surface area contributed by atoms with Crippen LogP contribution >= 0.6 is 0 Å². The lowest BCUT2D eigenvalue weighted by atomic mass is 10.1. The summed E-state index contributed by atoms with van der Waals surface area (Å²) in [5.41, 5.74) is 2.48. The Balaban J connectivity index is 1.54. The van der Waals surface area contributed by atoms with E-state index in [0.29, 0.717) is 16.9 Å². The van der Waals surface area contributed by atoms with Crippen molar-refractivity contribution >= 4 is 35.1 Å². The third-order valence-corrected chi connectivity index (χ3v) is 4.82. The van der Waals surface area contributed by atoms with Gasteiger partial charge in [0.15, 0.2) is 6.61 Å². The molecule has 8 heteroatoms. The third kappa shape index (κ3) is 4.83. The Hall–Kier alpha value is -3.68. The van der Waals surface area contributed by atoms with Crippen molar-refractivity contribution in [1.82, 2.24) is 0 Å². The second-order valence-corrected chi connectivity index (χ2v) is 6.91. The molecule has 2 amide bonds. The Morgan fingerprint density at radius 2 is 1.80 bits per heavy atom. The average molecular weight is 410 g/mol. The molecule has 1 aliphatic heterocycles. The Labute approximate surface area is 173 Å². The van der Waals surface area contributed by atoms with Crippen LogP contribution in [0, 0.1) is 12.8 Å². The first-order valence-electron chi connectivity index (χ1n) is 9.40. The van der Waals surface area contributed by atoms with Crippen molar-refractivity contribution in [1.29, 1.82) is 0 Å². The summed E-state index contributed by atoms with van der Waals surface area (Å²) in [5.74, 6) is -2.41. The summed E-state index contributed by atoms with van der Waals surface area (Å²) in [4.78, 5) is 49.7. The number of hydrogen-bond acceptors (Lipinski definition) is 6. The molecule has 3 rings (SSSR count). The average Bonchev–Trinajstić information content (AvgIpc) is 3.15. The van der Waals surface area contributed by atoms with Crippen molar-refractivity contribution in [2.45, 2.75) is 13.3 Å². The predicted molar refractivity (Wildman–Crippen MR) is 109 cm³/mol. The summed E-state index contributed by atoms with van der Waals surface area (Å²) in [6.45, 7) is 1.58. The number of benzene rings is 2. The van der Waals surface area contributed by atoms with E-state index in [2.05, 4.69) is 10.1 Å². The third-order valence-electron chi connectivity index (χ3n) is 4.82. The first-order valence-corrected chi connectivity index (χ1v) is 9.40. The summed E-state index contributed by atoms with van der Waals surface area (Å²) in [7, 11) is 1.29. The molecular weight excluding hydrogens is 388 g/mol. The van der Waals surface area contributed by atoms with E-state index in [1.165, 1.54) is 12.0 Å². The maximum Gasteiger partial charge on any atom is 0.337 e. The minimum absolute atomic E-state index is 0.00298. The standard InChI is InChI=1S/C22H22N2O6/c1-14-5-3-4-6-18(14)23-19(25)13-30-22(28)16-11-20(26)24(12-16)17-9-7-15(8-10-17)21(27)29-2/h3-10,16H,11-13H2,1-2H3,(H,23,25)/t16-/m0/s1. The van der Waals surface area contributed by atoms with Crippen LogP contribution in [0.1, 0.15) is 22.3 Å². The fraction of sp³-hybridized carbons (Fsp3) is 0.273. The van der Waals surface area contributed by atoms with Gasteiger partial charge in [-0.1, -0.05) is 18.2 Å². The van der Waals surface area contributed by atoms with E-state index in [-0.39, 0.29) is 18.9 Å². The Morgan fingerprint density at radius 1 is 1.10 bits per heavy atom. The van der Waals surface area contributed by atoms with Crippen LogP contribution in [0.25, 0.3) is 0 Å². The van der Waals surface area contributed by atoms with E-state index < -0.39 is 30.4 Å². The van der Waals surface area contributed by atoms with E-state index in [0.717, 1.165) is 5.56 Å². The molecule has 0 bridgehead atoms. The molecular formula is C22H22N2O6. The molecule has 2 aromatic rings. The number of carbonyl (C=O) groups is 4. The number of methoxy groups -OCH3 is 1. The van der Waals surface area contributed by atoms with Gasteiger partial charge in [0, 0.05) is 24.3 Å². The van der Waals surface area contributed by atoms with Crippen LogP contribution in [0.2, 0.25) is 0 Å². The number of hydrogen-bond donors (Lipinski definition) is 1. The van der Waals surface area contributed by atoms with Gasteiger partial charge in [-0.05, 0) is 42.8 Å². The number of carbonyl (C=O) groups excluding carboxylic acids is 4. The van der Waals surface area contributed by atoms with Crippen molar-refractivity contribution in [3.63, 3.8) is 0 Å². The second kappa shape index (κ2) is 9.21. The molecule has 1 aliphatic rings. The lowest BCUT2D eigenvalue weighted by Gasteiger charge is -2.17. The largest absolute Gasteiger partial charge is 0.465 e. The molecule has 30 heavy (non-hydrogen) atoms. The highest BCUT2D eigenvalue weighted by Crippen LogP contribution is 2.26. The van der Waals surface area contributed by atoms with Crippen molar-refractivity contribution in [2.75, 3.05) is 30.5 Å². The highest BCUT2D eigenvalue weighted by molar-refractivity contribution is 6.00. The lowest BCUT2D eigenvalue weighted by Crippen LogP contribution is -2.28. The van der Waals surface area contributed by atoms with Crippen molar-refractivity contribution in [3.05, 3.63) is 59.7 Å². The molecule has 0 aromatic heterocycles. The Morgan fingerprint density at radius 3 is 2.47 bits per heavy atom. The second-order valence-electron chi connectivity index (χ2n) is 6.91. The number of ether oxygens (including phenoxy) is 2. The minimum atomic E-state index is -0.663. The zero-order valence-electron chi connectivity index (χ0n) is 16.7. The number of rotatable bonds is 6. The van der Waals surface area contributed by atoms with Gasteiger partial charge in [-0.3, -0.25) is 14.4 Å². The van der Waals surface area contributed by atoms with Crippen LogP contribution in [0.3, 0.4) is 0 Å². The van der Waals surface area contributed by atoms with E-state index in [4.69, 9.17) is 4.74 Å². The zero-order valence-corrected chi connectivity index (χ0v) is 16.7. The Kier molecular flexibility index (Phi) is 6.46. The van der Waals surface area contributed by atoms with Gasteiger partial charge in [0.05, 0.1) is 18.6 Å². The first kappa shape index (κ1) is 21.0. The van der Waals surface area contributed by atoms with E-state index in [9.17, 15) is 19.2 Å². The molecule has 156 valence electrons. The van der Waals surface area contributed by atoms with Crippen molar-refractivity contribution in [2.24, 2.45) is 5.92 Å². The molecule has 0 radical (unpaired) electrons. The smallest absolute Gasteiger partial charge is 0.337 e. The number of aryl methyl sites for hydroxylation is 1. The van der Waals surface area contributed by atoms with Gasteiger partial charge >= 0.3 is 11.9 Å². The van der Waals surface area contributed by atoms with Gasteiger partial charge in [0.25, 0.3) is 5.91 Å². The molecule has 1 N–H and O–H groups in total. The van der Waals surface area contributed by atoms with Crippen LogP contribution in [0.15, 0.2) is 48.5 Å². The molecule has 2 aromatic carbocycles. The SMILES string of the molecule is COC(=O)c1ccc(N2C[C@@H](C(=O)OCC(=O)Nc3ccccc3C)CC2=O)cc1. The van der Waals surface area contributed by atoms with Gasteiger partial charge in [-0.15, -0.1) is 0 Å². The molecule has 8 nitrogen and oxygen atoms in total. The number of nitrogens with zero attached hydrogens (tertiary/aromatic N) is 1. The first-order chi connectivity index (χ1) is 14.4. The quantitative estimate of drug-likeness (QED) is 0.734. The molecule has 0 aliphatic carbocycles. The molecule has 1 saturated heterocycles. The number of amides is 2. The van der Waals surface area contributed by atoms with Gasteiger partial charge in [0.1, 0.15) is 0 Å². The normalized spacial score (nSPS) is 15.6. The number of anilines is 2. The van der Waals surface area contributed by atoms with Gasteiger partial charge in [0.2, 0.25) is 5.91 Å². The predicted octanol–water partition coefficient (Wildman–Crippen LogP) is 2.32. The molecule has 1 heterocycles. The fourth-order valence-electron chi connectivity index (χ4n) is 3.16. The highest BCUT2D eigenvalue weighted by Gasteiger charge is 2.36. The van der Waals surface area contributed by atoms with Gasteiger partial charge in [-0.25, -0.2) is 4.79 Å². The maximum absolute atomic E-state index is 12.3. The van der Waals surface area contributed by atoms with Crippen molar-refractivity contribution < 1.29 is 28.7 Å². The summed E-state index contributed by atoms with van der Waals surface area (Å²) in [6, 6.07) is 13.6. The summed E-state index contributed by atoms with van der Waals surface area (Å²) in [5, 5.41) is 2.69. The monoisotopic (exact) mass is 410 g/mol. The fourth-order valence-corrected chi connectivity index (χ4v) is 3.16. The van der Waals surface area contributed by atoms with Crippen LogP contribution in [0.5, 0.6) is 0 Å². The molecule has 0 saturated carbocycles. The van der Waals surface area contributed by atoms with E-state index >= 15 is 0 Å². The van der Waals surface area contributed by atoms with Crippen LogP contribution in [-0.2, 0) is 23.9 Å². The summed E-state index contributed by atoms with van der Waals surface area (Å²) < 4.78 is 9.75. The van der Waals surface area contributed by atoms with Crippen LogP contribution in [0.4, 0.5) is 11.4 Å². The van der Waals surface area contributed by atoms with Gasteiger partial charge in [-0.2, -0.15) is 0 Å². The Bertz CT molecular complexity index is 970. The summed E-state index contributed by atoms with van der Waals surface area (Å²) in [6.07, 6.45) is -0.00298. The molecule has 0 spiro atoms. The van der Waals surface area contributed by atoms with Crippen LogP contribution in [-0.4, -0.2) is 44.0 Å². The maximum atomic E-state index is 12.3. The van der Waals surface area contributed by atoms with Crippen molar-refractivity contribution in [3.8, 4) is 0 Å². The minimum Gasteiger partial charge on any atom is -0.465 e. The molecule has 0 unspecified atom stereocenters.